The molecule has 0 saturated carbocycles. The summed E-state index contributed by atoms with van der Waals surface area (Å²) in [5.41, 5.74) is -1.23. The minimum Gasteiger partial charge on any atom is -0.493 e. The molecule has 0 bridgehead atoms. The van der Waals surface area contributed by atoms with Crippen LogP contribution in [0.3, 0.4) is 0 Å². The summed E-state index contributed by atoms with van der Waals surface area (Å²) < 4.78 is 45.4. The third-order valence-corrected chi connectivity index (χ3v) is 4.60. The van der Waals surface area contributed by atoms with Crippen LogP contribution in [-0.4, -0.2) is 29.0 Å². The van der Waals surface area contributed by atoms with Gasteiger partial charge in [0, 0.05) is 23.4 Å². The fourth-order valence-corrected chi connectivity index (χ4v) is 3.00. The average Bonchev–Trinajstić information content (AvgIpc) is 2.71. The predicted molar refractivity (Wildman–Crippen MR) is 116 cm³/mol. The van der Waals surface area contributed by atoms with Crippen LogP contribution in [0.25, 0.3) is 5.69 Å². The second kappa shape index (κ2) is 9.58. The van der Waals surface area contributed by atoms with Crippen LogP contribution < -0.4 is 19.8 Å². The monoisotopic (exact) mass is 465 g/mol. The Kier molecular flexibility index (Phi) is 7.06. The number of nitrogens with zero attached hydrogens (tertiary/aromatic N) is 1. The minimum atomic E-state index is -1.02. The first-order chi connectivity index (χ1) is 15.1. The summed E-state index contributed by atoms with van der Waals surface area (Å²) in [6, 6.07) is 9.58. The van der Waals surface area contributed by atoms with Gasteiger partial charge in [0.15, 0.2) is 11.5 Å². The lowest BCUT2D eigenvalue weighted by atomic mass is 10.2. The topological polar surface area (TPSA) is 69.9 Å². The highest BCUT2D eigenvalue weighted by Gasteiger charge is 2.16. The maximum absolute atomic E-state index is 13.9. The van der Waals surface area contributed by atoms with Gasteiger partial charge in [0.1, 0.15) is 30.6 Å². The molecule has 9 heteroatoms. The lowest BCUT2D eigenvalue weighted by Gasteiger charge is -2.19. The van der Waals surface area contributed by atoms with Crippen molar-refractivity contribution in [3.8, 4) is 22.9 Å². The number of halogens is 3. The van der Waals surface area contributed by atoms with Crippen LogP contribution in [0.1, 0.15) is 19.4 Å². The number of rotatable bonds is 8. The molecule has 3 aromatic rings. The highest BCUT2D eigenvalue weighted by atomic mass is 35.5. The zero-order valence-corrected chi connectivity index (χ0v) is 18.5. The first-order valence-corrected chi connectivity index (χ1v) is 9.98. The van der Waals surface area contributed by atoms with Crippen molar-refractivity contribution in [2.24, 2.45) is 0 Å². The Bertz CT molecular complexity index is 1150. The lowest BCUT2D eigenvalue weighted by molar-refractivity contribution is 0.0276. The van der Waals surface area contributed by atoms with Gasteiger partial charge in [-0.3, -0.25) is 9.36 Å². The van der Waals surface area contributed by atoms with E-state index in [4.69, 9.17) is 25.8 Å². The van der Waals surface area contributed by atoms with E-state index in [2.05, 4.69) is 0 Å². The van der Waals surface area contributed by atoms with Gasteiger partial charge < -0.3 is 19.3 Å². The van der Waals surface area contributed by atoms with Crippen molar-refractivity contribution in [2.45, 2.75) is 26.1 Å². The van der Waals surface area contributed by atoms with Crippen molar-refractivity contribution >= 4 is 11.6 Å². The summed E-state index contributed by atoms with van der Waals surface area (Å²) in [4.78, 5) is 12.6. The smallest absolute Gasteiger partial charge is 0.258 e. The molecule has 0 spiro atoms. The average molecular weight is 466 g/mol. The van der Waals surface area contributed by atoms with Gasteiger partial charge in [0.2, 0.25) is 0 Å². The zero-order chi connectivity index (χ0) is 23.5. The summed E-state index contributed by atoms with van der Waals surface area (Å²) in [5, 5.41) is 9.77. The second-order valence-electron chi connectivity index (χ2n) is 7.64. The van der Waals surface area contributed by atoms with Gasteiger partial charge in [-0.25, -0.2) is 8.78 Å². The van der Waals surface area contributed by atoms with Crippen LogP contribution in [0.5, 0.6) is 17.2 Å². The van der Waals surface area contributed by atoms with Crippen molar-refractivity contribution in [2.75, 3.05) is 13.7 Å². The Balaban J connectivity index is 1.78. The SMILES string of the molecule is COc1cc(-n2ccc(OCc3c(F)cc(Cl)cc3F)cc2=O)ccc1OCC(C)(C)O. The van der Waals surface area contributed by atoms with Crippen molar-refractivity contribution in [1.29, 1.82) is 0 Å². The number of aliphatic hydroxyl groups is 1. The third-order valence-electron chi connectivity index (χ3n) is 4.39. The summed E-state index contributed by atoms with van der Waals surface area (Å²) in [6.07, 6.45) is 1.47. The quantitative estimate of drug-likeness (QED) is 0.530. The number of pyridine rings is 1. The molecule has 0 fully saturated rings. The molecule has 1 aromatic heterocycles. The zero-order valence-electron chi connectivity index (χ0n) is 17.7. The molecule has 0 radical (unpaired) electrons. The minimum absolute atomic E-state index is 0.0572. The fourth-order valence-electron chi connectivity index (χ4n) is 2.81. The second-order valence-corrected chi connectivity index (χ2v) is 8.08. The van der Waals surface area contributed by atoms with Gasteiger partial charge in [-0.15, -0.1) is 0 Å². The number of methoxy groups -OCH3 is 1. The first kappa shape index (κ1) is 23.6. The predicted octanol–water partition coefficient (Wildman–Crippen LogP) is 4.51. The highest BCUT2D eigenvalue weighted by molar-refractivity contribution is 6.30. The lowest BCUT2D eigenvalue weighted by Crippen LogP contribution is -2.28. The molecule has 2 aromatic carbocycles. The number of aromatic nitrogens is 1. The van der Waals surface area contributed by atoms with E-state index in [0.29, 0.717) is 17.2 Å². The van der Waals surface area contributed by atoms with Crippen LogP contribution >= 0.6 is 11.6 Å². The molecule has 6 nitrogen and oxygen atoms in total. The van der Waals surface area contributed by atoms with E-state index in [0.717, 1.165) is 12.1 Å². The van der Waals surface area contributed by atoms with E-state index < -0.39 is 29.4 Å². The van der Waals surface area contributed by atoms with E-state index in [1.54, 1.807) is 32.0 Å². The molecule has 0 aliphatic rings. The van der Waals surface area contributed by atoms with Crippen molar-refractivity contribution in [1.82, 2.24) is 4.57 Å². The largest absolute Gasteiger partial charge is 0.493 e. The van der Waals surface area contributed by atoms with Crippen molar-refractivity contribution < 1.29 is 28.1 Å². The molecule has 0 saturated heterocycles. The number of hydrogen-bond donors (Lipinski definition) is 1. The molecular weight excluding hydrogens is 444 g/mol. The Labute approximate surface area is 188 Å². The van der Waals surface area contributed by atoms with Crippen molar-refractivity contribution in [3.63, 3.8) is 0 Å². The maximum atomic E-state index is 13.9. The van der Waals surface area contributed by atoms with E-state index >= 15 is 0 Å². The number of ether oxygens (including phenoxy) is 3. The van der Waals surface area contributed by atoms with Crippen LogP contribution in [0.4, 0.5) is 8.78 Å². The van der Waals surface area contributed by atoms with Crippen LogP contribution in [0.2, 0.25) is 5.02 Å². The summed E-state index contributed by atoms with van der Waals surface area (Å²) in [5.74, 6) is -0.715. The molecule has 170 valence electrons. The van der Waals surface area contributed by atoms with Gasteiger partial charge in [-0.05, 0) is 44.2 Å². The van der Waals surface area contributed by atoms with Crippen LogP contribution in [-0.2, 0) is 6.61 Å². The first-order valence-electron chi connectivity index (χ1n) is 9.60. The Morgan fingerprint density at radius 3 is 2.31 bits per heavy atom. The van der Waals surface area contributed by atoms with Crippen molar-refractivity contribution in [3.05, 3.63) is 81.2 Å². The van der Waals surface area contributed by atoms with Gasteiger partial charge in [-0.1, -0.05) is 11.6 Å². The molecule has 1 N–H and O–H groups in total. The molecule has 0 aliphatic carbocycles. The summed E-state index contributed by atoms with van der Waals surface area (Å²) in [7, 11) is 1.46. The summed E-state index contributed by atoms with van der Waals surface area (Å²) >= 11 is 5.61. The Morgan fingerprint density at radius 2 is 1.72 bits per heavy atom. The summed E-state index contributed by atoms with van der Waals surface area (Å²) in [6.45, 7) is 2.89. The molecule has 0 atom stereocenters. The van der Waals surface area contributed by atoms with Crippen LogP contribution in [0.15, 0.2) is 53.5 Å². The molecule has 3 rings (SSSR count). The maximum Gasteiger partial charge on any atom is 0.258 e. The molecule has 1 heterocycles. The number of benzene rings is 2. The van der Waals surface area contributed by atoms with Gasteiger partial charge in [0.05, 0.1) is 24.0 Å². The third kappa shape index (κ3) is 5.77. The van der Waals surface area contributed by atoms with Gasteiger partial charge >= 0.3 is 0 Å². The highest BCUT2D eigenvalue weighted by Crippen LogP contribution is 2.30. The van der Waals surface area contributed by atoms with Crippen LogP contribution in [0, 0.1) is 11.6 Å². The molecule has 0 amide bonds. The Hall–Kier alpha value is -3.10. The van der Waals surface area contributed by atoms with E-state index in [1.165, 1.54) is 30.0 Å². The van der Waals surface area contributed by atoms with Gasteiger partial charge in [0.25, 0.3) is 5.56 Å². The number of hydrogen-bond acceptors (Lipinski definition) is 5. The Morgan fingerprint density at radius 1 is 1.03 bits per heavy atom. The normalized spacial score (nSPS) is 11.3. The molecule has 0 aliphatic heterocycles. The van der Waals surface area contributed by atoms with E-state index in [-0.39, 0.29) is 22.9 Å². The molecule has 32 heavy (non-hydrogen) atoms. The standard InChI is InChI=1S/C23H22ClF2NO5/c1-23(2,29)13-32-20-5-4-15(10-21(20)30-3)27-7-6-16(11-22(27)28)31-12-17-18(25)8-14(24)9-19(17)26/h4-11,29H,12-13H2,1-3H3. The van der Waals surface area contributed by atoms with E-state index in [1.807, 2.05) is 0 Å². The molecular formula is C23H22ClF2NO5. The van der Waals surface area contributed by atoms with E-state index in [9.17, 15) is 18.7 Å². The molecule has 0 unspecified atom stereocenters. The van der Waals surface area contributed by atoms with Gasteiger partial charge in [-0.2, -0.15) is 0 Å². The fraction of sp³-hybridized carbons (Fsp3) is 0.261.